The van der Waals surface area contributed by atoms with Gasteiger partial charge in [0.1, 0.15) is 11.4 Å². The molecule has 1 aromatic rings. The Labute approximate surface area is 114 Å². The van der Waals surface area contributed by atoms with Gasteiger partial charge >= 0.3 is 5.97 Å². The maximum atomic E-state index is 11.5. The van der Waals surface area contributed by atoms with Gasteiger partial charge in [-0.15, -0.1) is 0 Å². The first-order chi connectivity index (χ1) is 8.90. The normalized spacial score (nSPS) is 14.8. The lowest BCUT2D eigenvalue weighted by Crippen LogP contribution is -2.35. The Balaban J connectivity index is 2.46. The highest BCUT2D eigenvalue weighted by molar-refractivity contribution is 5.95. The summed E-state index contributed by atoms with van der Waals surface area (Å²) in [6.45, 7) is 8.85. The van der Waals surface area contributed by atoms with Crippen molar-refractivity contribution in [2.45, 2.75) is 46.6 Å². The van der Waals surface area contributed by atoms with Gasteiger partial charge in [0.2, 0.25) is 0 Å². The number of hydrogen-bond donors (Lipinski definition) is 1. The monoisotopic (exact) mass is 262 g/mol. The van der Waals surface area contributed by atoms with Crippen molar-refractivity contribution in [1.29, 1.82) is 0 Å². The fourth-order valence-electron chi connectivity index (χ4n) is 2.41. The molecule has 0 amide bonds. The van der Waals surface area contributed by atoms with Crippen LogP contribution in [0.15, 0.2) is 6.07 Å². The van der Waals surface area contributed by atoms with Crippen LogP contribution in [0.3, 0.4) is 0 Å². The van der Waals surface area contributed by atoms with E-state index in [9.17, 15) is 9.90 Å². The topological polar surface area (TPSA) is 53.4 Å². The molecule has 0 aromatic carbocycles. The molecule has 1 fully saturated rings. The Morgan fingerprint density at radius 2 is 2.11 bits per heavy atom. The van der Waals surface area contributed by atoms with Crippen molar-refractivity contribution in [3.63, 3.8) is 0 Å². The van der Waals surface area contributed by atoms with E-state index in [1.54, 1.807) is 0 Å². The molecule has 0 bridgehead atoms. The lowest BCUT2D eigenvalue weighted by molar-refractivity contribution is 0.0696. The van der Waals surface area contributed by atoms with Crippen LogP contribution in [0.1, 0.15) is 48.3 Å². The van der Waals surface area contributed by atoms with Gasteiger partial charge in [0.15, 0.2) is 0 Å². The molecule has 0 spiro atoms. The van der Waals surface area contributed by atoms with Crippen molar-refractivity contribution in [2.75, 3.05) is 11.4 Å². The molecule has 19 heavy (non-hydrogen) atoms. The fraction of sp³-hybridized carbons (Fsp3) is 0.600. The second kappa shape index (κ2) is 5.19. The largest absolute Gasteiger partial charge is 0.478 e. The molecular formula is C15H22N2O2. The third-order valence-electron chi connectivity index (χ3n) is 3.59. The first kappa shape index (κ1) is 13.8. The summed E-state index contributed by atoms with van der Waals surface area (Å²) in [5.41, 5.74) is 2.01. The maximum absolute atomic E-state index is 11.5. The summed E-state index contributed by atoms with van der Waals surface area (Å²) in [5, 5.41) is 9.45. The van der Waals surface area contributed by atoms with E-state index < -0.39 is 5.97 Å². The Morgan fingerprint density at radius 1 is 1.47 bits per heavy atom. The summed E-state index contributed by atoms with van der Waals surface area (Å²) in [4.78, 5) is 18.2. The van der Waals surface area contributed by atoms with Crippen LogP contribution in [0.2, 0.25) is 0 Å². The SMILES string of the molecule is Cc1cc(C)c(C(=O)O)c(N(CC2CC2)C(C)C)n1. The second-order valence-corrected chi connectivity index (χ2v) is 5.77. The van der Waals surface area contributed by atoms with Crippen LogP contribution in [0, 0.1) is 19.8 Å². The number of carboxylic acids is 1. The molecule has 1 saturated carbocycles. The minimum Gasteiger partial charge on any atom is -0.478 e. The zero-order valence-corrected chi connectivity index (χ0v) is 12.1. The smallest absolute Gasteiger partial charge is 0.339 e. The van der Waals surface area contributed by atoms with E-state index in [4.69, 9.17) is 0 Å². The molecule has 2 rings (SSSR count). The summed E-state index contributed by atoms with van der Waals surface area (Å²) in [5.74, 6) is 0.444. The van der Waals surface area contributed by atoms with Gasteiger partial charge in [0, 0.05) is 18.3 Å². The van der Waals surface area contributed by atoms with Gasteiger partial charge in [0.25, 0.3) is 0 Å². The molecule has 4 nitrogen and oxygen atoms in total. The van der Waals surface area contributed by atoms with Gasteiger partial charge in [-0.1, -0.05) is 0 Å². The number of aromatic carboxylic acids is 1. The molecule has 0 atom stereocenters. The van der Waals surface area contributed by atoms with E-state index in [2.05, 4.69) is 23.7 Å². The zero-order valence-electron chi connectivity index (χ0n) is 12.1. The van der Waals surface area contributed by atoms with Gasteiger partial charge < -0.3 is 10.0 Å². The number of anilines is 1. The maximum Gasteiger partial charge on any atom is 0.339 e. The summed E-state index contributed by atoms with van der Waals surface area (Å²) in [6, 6.07) is 2.09. The van der Waals surface area contributed by atoms with Crippen LogP contribution in [0.5, 0.6) is 0 Å². The molecule has 0 unspecified atom stereocenters. The van der Waals surface area contributed by atoms with Crippen molar-refractivity contribution < 1.29 is 9.90 Å². The van der Waals surface area contributed by atoms with Gasteiger partial charge in [-0.2, -0.15) is 0 Å². The highest BCUT2D eigenvalue weighted by atomic mass is 16.4. The Morgan fingerprint density at radius 3 is 2.58 bits per heavy atom. The highest BCUT2D eigenvalue weighted by Gasteiger charge is 2.29. The molecule has 1 aromatic heterocycles. The number of nitrogens with zero attached hydrogens (tertiary/aromatic N) is 2. The van der Waals surface area contributed by atoms with E-state index in [-0.39, 0.29) is 6.04 Å². The number of aryl methyl sites for hydroxylation is 2. The van der Waals surface area contributed by atoms with Gasteiger partial charge in [0.05, 0.1) is 0 Å². The summed E-state index contributed by atoms with van der Waals surface area (Å²) >= 11 is 0. The van der Waals surface area contributed by atoms with E-state index in [1.807, 2.05) is 19.9 Å². The predicted molar refractivity (Wildman–Crippen MR) is 75.9 cm³/mol. The van der Waals surface area contributed by atoms with Crippen LogP contribution in [0.4, 0.5) is 5.82 Å². The predicted octanol–water partition coefficient (Wildman–Crippen LogP) is 3.02. The second-order valence-electron chi connectivity index (χ2n) is 5.77. The van der Waals surface area contributed by atoms with Gasteiger partial charge in [-0.3, -0.25) is 0 Å². The van der Waals surface area contributed by atoms with E-state index in [0.29, 0.717) is 17.3 Å². The third-order valence-corrected chi connectivity index (χ3v) is 3.59. The number of pyridine rings is 1. The van der Waals surface area contributed by atoms with Crippen LogP contribution in [-0.4, -0.2) is 28.6 Å². The average Bonchev–Trinajstić information content (AvgIpc) is 3.07. The van der Waals surface area contributed by atoms with Crippen molar-refractivity contribution >= 4 is 11.8 Å². The van der Waals surface area contributed by atoms with Crippen LogP contribution in [0.25, 0.3) is 0 Å². The molecule has 1 aliphatic carbocycles. The molecule has 0 saturated heterocycles. The molecule has 1 heterocycles. The Bertz CT molecular complexity index is 493. The van der Waals surface area contributed by atoms with Crippen LogP contribution >= 0.6 is 0 Å². The summed E-state index contributed by atoms with van der Waals surface area (Å²) in [7, 11) is 0. The average molecular weight is 262 g/mol. The third kappa shape index (κ3) is 3.06. The van der Waals surface area contributed by atoms with E-state index in [1.165, 1.54) is 12.8 Å². The quantitative estimate of drug-likeness (QED) is 0.886. The Kier molecular flexibility index (Phi) is 3.78. The summed E-state index contributed by atoms with van der Waals surface area (Å²) < 4.78 is 0. The number of carbonyl (C=O) groups is 1. The Hall–Kier alpha value is -1.58. The first-order valence-corrected chi connectivity index (χ1v) is 6.88. The molecule has 1 N–H and O–H groups in total. The van der Waals surface area contributed by atoms with Crippen molar-refractivity contribution in [3.8, 4) is 0 Å². The molecule has 0 aliphatic heterocycles. The minimum atomic E-state index is -0.888. The lowest BCUT2D eigenvalue weighted by Gasteiger charge is -2.30. The van der Waals surface area contributed by atoms with Crippen molar-refractivity contribution in [3.05, 3.63) is 22.9 Å². The van der Waals surface area contributed by atoms with Crippen molar-refractivity contribution in [2.24, 2.45) is 5.92 Å². The standard InChI is InChI=1S/C15H22N2O2/c1-9(2)17(8-12-5-6-12)14-13(15(18)19)10(3)7-11(4)16-14/h7,9,12H,5-6,8H2,1-4H3,(H,18,19). The summed E-state index contributed by atoms with van der Waals surface area (Å²) in [6.07, 6.45) is 2.49. The minimum absolute atomic E-state index is 0.257. The number of rotatable bonds is 5. The van der Waals surface area contributed by atoms with Gasteiger partial charge in [-0.25, -0.2) is 9.78 Å². The van der Waals surface area contributed by atoms with Crippen LogP contribution < -0.4 is 4.90 Å². The lowest BCUT2D eigenvalue weighted by atomic mass is 10.1. The number of aromatic nitrogens is 1. The van der Waals surface area contributed by atoms with E-state index >= 15 is 0 Å². The number of hydrogen-bond acceptors (Lipinski definition) is 3. The van der Waals surface area contributed by atoms with Crippen molar-refractivity contribution in [1.82, 2.24) is 4.98 Å². The molecular weight excluding hydrogens is 240 g/mol. The van der Waals surface area contributed by atoms with E-state index in [0.717, 1.165) is 17.8 Å². The van der Waals surface area contributed by atoms with Crippen LogP contribution in [-0.2, 0) is 0 Å². The zero-order chi connectivity index (χ0) is 14.2. The highest BCUT2D eigenvalue weighted by Crippen LogP contribution is 2.33. The fourth-order valence-corrected chi connectivity index (χ4v) is 2.41. The first-order valence-electron chi connectivity index (χ1n) is 6.88. The molecule has 4 heteroatoms. The molecule has 0 radical (unpaired) electrons. The number of carboxylic acid groups (broad SMARTS) is 1. The molecule has 104 valence electrons. The van der Waals surface area contributed by atoms with Gasteiger partial charge in [-0.05, 0) is 58.1 Å². The molecule has 1 aliphatic rings.